The van der Waals surface area contributed by atoms with E-state index < -0.39 is 0 Å². The van der Waals surface area contributed by atoms with Crippen LogP contribution in [0.2, 0.25) is 0 Å². The van der Waals surface area contributed by atoms with Crippen molar-refractivity contribution in [3.8, 4) is 0 Å². The van der Waals surface area contributed by atoms with Crippen LogP contribution in [0.1, 0.15) is 0 Å². The van der Waals surface area contributed by atoms with Crippen LogP contribution in [0.5, 0.6) is 0 Å². The molecule has 0 saturated heterocycles. The van der Waals surface area contributed by atoms with Gasteiger partial charge in [-0.3, -0.25) is 0 Å². The standard InChI is InChI=1S/C8H4N2O.C7H6N2/c11-5-8-9-6-3-1-2-4-7(6)10-8;1-2-4-7-6(3-1)8-5-9-7/h1-4H;1-5H,(H,8,9). The zero-order valence-corrected chi connectivity index (χ0v) is 10.4. The van der Waals surface area contributed by atoms with Crippen molar-refractivity contribution in [2.45, 2.75) is 0 Å². The molecule has 2 aromatic carbocycles. The molecule has 1 N–H and O–H groups in total. The molecule has 0 amide bonds. The summed E-state index contributed by atoms with van der Waals surface area (Å²) in [6.45, 7) is 0. The molecule has 3 aromatic rings. The summed E-state index contributed by atoms with van der Waals surface area (Å²) in [4.78, 5) is 25.0. The molecule has 5 heteroatoms. The van der Waals surface area contributed by atoms with Crippen LogP contribution in [0, 0.1) is 0 Å². The van der Waals surface area contributed by atoms with E-state index in [9.17, 15) is 4.79 Å². The summed E-state index contributed by atoms with van der Waals surface area (Å²) >= 11 is 0. The predicted octanol–water partition coefficient (Wildman–Crippen LogP) is 1.18. The van der Waals surface area contributed by atoms with Gasteiger partial charge in [-0.1, -0.05) is 24.3 Å². The molecule has 96 valence electrons. The van der Waals surface area contributed by atoms with Crippen molar-refractivity contribution in [2.75, 3.05) is 0 Å². The van der Waals surface area contributed by atoms with Crippen molar-refractivity contribution in [1.29, 1.82) is 0 Å². The summed E-state index contributed by atoms with van der Waals surface area (Å²) < 4.78 is 0. The zero-order chi connectivity index (χ0) is 13.8. The van der Waals surface area contributed by atoms with Gasteiger partial charge in [-0.05, 0) is 24.3 Å². The number of H-pyrrole nitrogens is 1. The van der Waals surface area contributed by atoms with E-state index in [2.05, 4.69) is 20.0 Å². The van der Waals surface area contributed by atoms with Crippen molar-refractivity contribution in [1.82, 2.24) is 9.97 Å². The minimum atomic E-state index is 0.131. The van der Waals surface area contributed by atoms with Crippen molar-refractivity contribution < 1.29 is 4.79 Å². The maximum atomic E-state index is 10.1. The largest absolute Gasteiger partial charge is 0.345 e. The number of carbonyl (C=O) groups excluding carboxylic acids is 1. The smallest absolute Gasteiger partial charge is 0.240 e. The van der Waals surface area contributed by atoms with Gasteiger partial charge in [0.1, 0.15) is 0 Å². The number of aromatic nitrogens is 2. The van der Waals surface area contributed by atoms with Gasteiger partial charge in [0.05, 0.1) is 28.1 Å². The summed E-state index contributed by atoms with van der Waals surface area (Å²) in [6, 6.07) is 15.3. The van der Waals surface area contributed by atoms with Crippen LogP contribution < -0.4 is 10.7 Å². The number of rotatable bonds is 0. The molecule has 1 aliphatic heterocycles. The summed E-state index contributed by atoms with van der Waals surface area (Å²) in [5.74, 6) is 1.77. The first-order chi connectivity index (χ1) is 9.86. The van der Waals surface area contributed by atoms with E-state index in [1.165, 1.54) is 0 Å². The highest BCUT2D eigenvalue weighted by molar-refractivity contribution is 5.73. The molecule has 0 aliphatic carbocycles. The van der Waals surface area contributed by atoms with Crippen LogP contribution in [-0.4, -0.2) is 15.9 Å². The topological polar surface area (TPSA) is 70.5 Å². The highest BCUT2D eigenvalue weighted by atomic mass is 16.1. The van der Waals surface area contributed by atoms with E-state index in [1.807, 2.05) is 48.5 Å². The van der Waals surface area contributed by atoms with Crippen LogP contribution in [0.3, 0.4) is 0 Å². The number of imidazole rings is 1. The van der Waals surface area contributed by atoms with Crippen molar-refractivity contribution in [3.05, 3.63) is 71.4 Å². The SMILES string of the molecule is O=C=C1N=c2ccccc2=N1.c1ccc2[nH]cnc2c1. The Bertz CT molecular complexity index is 853. The molecule has 1 aliphatic rings. The first-order valence-corrected chi connectivity index (χ1v) is 6.02. The van der Waals surface area contributed by atoms with Crippen molar-refractivity contribution in [2.24, 2.45) is 9.98 Å². The number of hydrogen-bond acceptors (Lipinski definition) is 4. The van der Waals surface area contributed by atoms with Crippen molar-refractivity contribution >= 4 is 17.0 Å². The molecule has 0 spiro atoms. The molecule has 20 heavy (non-hydrogen) atoms. The van der Waals surface area contributed by atoms with Gasteiger partial charge in [-0.25, -0.2) is 19.8 Å². The second kappa shape index (κ2) is 5.30. The van der Waals surface area contributed by atoms with E-state index >= 15 is 0 Å². The Hall–Kier alpha value is -3.04. The molecule has 1 aromatic heterocycles. The van der Waals surface area contributed by atoms with Gasteiger partial charge in [-0.2, -0.15) is 0 Å². The molecule has 5 nitrogen and oxygen atoms in total. The average Bonchev–Trinajstić information content (AvgIpc) is 3.13. The lowest BCUT2D eigenvalue weighted by molar-refractivity contribution is 0.566. The van der Waals surface area contributed by atoms with Crippen LogP contribution >= 0.6 is 0 Å². The number of fused-ring (bicyclic) bond motifs is 2. The Morgan fingerprint density at radius 1 is 0.900 bits per heavy atom. The molecule has 4 rings (SSSR count). The Balaban J connectivity index is 0.000000123. The molecule has 0 saturated carbocycles. The van der Waals surface area contributed by atoms with Crippen LogP contribution in [0.15, 0.2) is 70.7 Å². The number of nitrogens with one attached hydrogen (secondary N) is 1. The minimum absolute atomic E-state index is 0.131. The fourth-order valence-electron chi connectivity index (χ4n) is 1.83. The maximum Gasteiger partial charge on any atom is 0.240 e. The normalized spacial score (nSPS) is 11.7. The number of aromatic amines is 1. The van der Waals surface area contributed by atoms with Crippen LogP contribution in [0.25, 0.3) is 11.0 Å². The van der Waals surface area contributed by atoms with Gasteiger partial charge >= 0.3 is 0 Å². The van der Waals surface area contributed by atoms with Gasteiger partial charge in [0.2, 0.25) is 5.82 Å². The third-order valence-corrected chi connectivity index (χ3v) is 2.75. The average molecular weight is 262 g/mol. The molecule has 0 atom stereocenters. The quantitative estimate of drug-likeness (QED) is 0.618. The maximum absolute atomic E-state index is 10.1. The highest BCUT2D eigenvalue weighted by Crippen LogP contribution is 2.05. The predicted molar refractivity (Wildman–Crippen MR) is 74.1 cm³/mol. The fraction of sp³-hybridized carbons (Fsp3) is 0. The van der Waals surface area contributed by atoms with Gasteiger partial charge in [0.15, 0.2) is 5.94 Å². The second-order valence-electron chi connectivity index (χ2n) is 4.06. The Morgan fingerprint density at radius 3 is 2.20 bits per heavy atom. The second-order valence-corrected chi connectivity index (χ2v) is 4.06. The van der Waals surface area contributed by atoms with Gasteiger partial charge in [0.25, 0.3) is 0 Å². The number of para-hydroxylation sites is 4. The lowest BCUT2D eigenvalue weighted by Crippen LogP contribution is -2.19. The molecule has 0 radical (unpaired) electrons. The van der Waals surface area contributed by atoms with Gasteiger partial charge < -0.3 is 4.98 Å². The Labute approximate surface area is 114 Å². The third-order valence-electron chi connectivity index (χ3n) is 2.75. The molecule has 0 fully saturated rings. The molecule has 0 unspecified atom stereocenters. The molecular formula is C15H10N4O. The van der Waals surface area contributed by atoms with Crippen LogP contribution in [-0.2, 0) is 4.79 Å². The first-order valence-electron chi connectivity index (χ1n) is 6.02. The minimum Gasteiger partial charge on any atom is -0.345 e. The summed E-state index contributed by atoms with van der Waals surface area (Å²) in [5.41, 5.74) is 2.12. The van der Waals surface area contributed by atoms with E-state index in [1.54, 1.807) is 12.3 Å². The van der Waals surface area contributed by atoms with E-state index in [0.717, 1.165) is 21.7 Å². The number of benzene rings is 2. The molecule has 0 bridgehead atoms. The van der Waals surface area contributed by atoms with Crippen molar-refractivity contribution in [3.63, 3.8) is 0 Å². The first kappa shape index (κ1) is 12.0. The number of hydrogen-bond donors (Lipinski definition) is 1. The van der Waals surface area contributed by atoms with Gasteiger partial charge in [-0.15, -0.1) is 0 Å². The highest BCUT2D eigenvalue weighted by Gasteiger charge is 1.99. The van der Waals surface area contributed by atoms with E-state index in [4.69, 9.17) is 0 Å². The number of nitrogens with zero attached hydrogens (tertiary/aromatic N) is 3. The Morgan fingerprint density at radius 2 is 1.55 bits per heavy atom. The fourth-order valence-corrected chi connectivity index (χ4v) is 1.83. The van der Waals surface area contributed by atoms with E-state index in [0.29, 0.717) is 0 Å². The van der Waals surface area contributed by atoms with Gasteiger partial charge in [0, 0.05) is 0 Å². The third kappa shape index (κ3) is 2.39. The lowest BCUT2D eigenvalue weighted by Gasteiger charge is -1.81. The summed E-state index contributed by atoms with van der Waals surface area (Å²) in [7, 11) is 0. The summed E-state index contributed by atoms with van der Waals surface area (Å²) in [6.07, 6.45) is 1.70. The lowest BCUT2D eigenvalue weighted by atomic mass is 10.3. The molecule has 2 heterocycles. The van der Waals surface area contributed by atoms with Crippen LogP contribution in [0.4, 0.5) is 0 Å². The molecular weight excluding hydrogens is 252 g/mol. The van der Waals surface area contributed by atoms with E-state index in [-0.39, 0.29) is 5.82 Å². The monoisotopic (exact) mass is 262 g/mol. The zero-order valence-electron chi connectivity index (χ0n) is 10.4. The summed E-state index contributed by atoms with van der Waals surface area (Å²) in [5, 5.41) is 1.48. The Kier molecular flexibility index (Phi) is 3.18.